The molecule has 1 unspecified atom stereocenters. The van der Waals surface area contributed by atoms with Crippen molar-refractivity contribution in [3.63, 3.8) is 0 Å². The van der Waals surface area contributed by atoms with Gasteiger partial charge in [-0.15, -0.1) is 0 Å². The molecule has 0 amide bonds. The molecule has 0 spiro atoms. The van der Waals surface area contributed by atoms with Crippen LogP contribution in [-0.2, 0) is 25.6 Å². The molecule has 1 aromatic rings. The summed E-state index contributed by atoms with van der Waals surface area (Å²) in [7, 11) is 0. The van der Waals surface area contributed by atoms with Crippen LogP contribution in [0.3, 0.4) is 0 Å². The van der Waals surface area contributed by atoms with Gasteiger partial charge in [0.15, 0.2) is 0 Å². The molecule has 2 N–H and O–H groups in total. The molecular weight excluding hydrogens is 351 g/mol. The maximum atomic E-state index is 13.8. The zero-order chi connectivity index (χ0) is 20.0. The van der Waals surface area contributed by atoms with Crippen LogP contribution in [0.25, 0.3) is 0 Å². The van der Waals surface area contributed by atoms with Crippen LogP contribution in [0.4, 0.5) is 4.39 Å². The van der Waals surface area contributed by atoms with E-state index < -0.39 is 17.7 Å². The number of nitrogens with two attached hydrogens (primary N) is 1. The van der Waals surface area contributed by atoms with Gasteiger partial charge in [-0.1, -0.05) is 13.0 Å². The minimum Gasteiger partial charge on any atom is -0.463 e. The lowest BCUT2D eigenvalue weighted by Gasteiger charge is -2.28. The van der Waals surface area contributed by atoms with Crippen molar-refractivity contribution in [3.05, 3.63) is 57.9 Å². The van der Waals surface area contributed by atoms with E-state index in [1.807, 2.05) is 13.0 Å². The van der Waals surface area contributed by atoms with Crippen LogP contribution in [0.15, 0.2) is 41.0 Å². The highest BCUT2D eigenvalue weighted by Crippen LogP contribution is 2.41. The molecule has 2 rings (SSSR count). The summed E-state index contributed by atoms with van der Waals surface area (Å²) >= 11 is 0. The SMILES string of the molecule is CCCOCc1cc(F)ccc1C1C(C#N)=C(N)OC(C)=C1C(=O)OCC. The number of rotatable bonds is 7. The summed E-state index contributed by atoms with van der Waals surface area (Å²) in [5.74, 6) is -1.69. The van der Waals surface area contributed by atoms with Crippen LogP contribution >= 0.6 is 0 Å². The van der Waals surface area contributed by atoms with Crippen LogP contribution in [0.5, 0.6) is 0 Å². The molecule has 0 radical (unpaired) electrons. The van der Waals surface area contributed by atoms with E-state index in [0.717, 1.165) is 6.42 Å². The second-order valence-corrected chi connectivity index (χ2v) is 6.01. The average molecular weight is 374 g/mol. The Morgan fingerprint density at radius 3 is 2.78 bits per heavy atom. The summed E-state index contributed by atoms with van der Waals surface area (Å²) < 4.78 is 29.9. The predicted octanol–water partition coefficient (Wildman–Crippen LogP) is 3.40. The topological polar surface area (TPSA) is 94.6 Å². The van der Waals surface area contributed by atoms with E-state index in [-0.39, 0.29) is 36.0 Å². The number of esters is 1. The Morgan fingerprint density at radius 2 is 2.15 bits per heavy atom. The Morgan fingerprint density at radius 1 is 1.41 bits per heavy atom. The molecule has 0 aliphatic carbocycles. The Hall–Kier alpha value is -2.85. The first-order chi connectivity index (χ1) is 12.9. The number of ether oxygens (including phenoxy) is 3. The molecule has 1 aliphatic rings. The lowest BCUT2D eigenvalue weighted by atomic mass is 9.81. The fraction of sp³-hybridized carbons (Fsp3) is 0.400. The van der Waals surface area contributed by atoms with E-state index in [2.05, 4.69) is 0 Å². The third-order valence-electron chi connectivity index (χ3n) is 4.12. The Kier molecular flexibility index (Phi) is 6.97. The van der Waals surface area contributed by atoms with Crippen molar-refractivity contribution in [2.24, 2.45) is 5.73 Å². The van der Waals surface area contributed by atoms with E-state index in [1.54, 1.807) is 13.8 Å². The van der Waals surface area contributed by atoms with Gasteiger partial charge in [-0.3, -0.25) is 0 Å². The third-order valence-corrected chi connectivity index (χ3v) is 4.12. The van der Waals surface area contributed by atoms with Crippen molar-refractivity contribution in [2.45, 2.75) is 39.7 Å². The fourth-order valence-electron chi connectivity index (χ4n) is 2.97. The van der Waals surface area contributed by atoms with Gasteiger partial charge in [-0.05, 0) is 43.5 Å². The fourth-order valence-corrected chi connectivity index (χ4v) is 2.97. The summed E-state index contributed by atoms with van der Waals surface area (Å²) in [5.41, 5.74) is 7.22. The quantitative estimate of drug-likeness (QED) is 0.581. The maximum Gasteiger partial charge on any atom is 0.338 e. The van der Waals surface area contributed by atoms with Crippen molar-refractivity contribution >= 4 is 5.97 Å². The molecule has 1 aromatic carbocycles. The number of hydrogen-bond donors (Lipinski definition) is 1. The highest BCUT2D eigenvalue weighted by Gasteiger charge is 2.37. The molecule has 0 saturated heterocycles. The van der Waals surface area contributed by atoms with Gasteiger partial charge in [0.05, 0.1) is 24.7 Å². The Balaban J connectivity index is 2.61. The lowest BCUT2D eigenvalue weighted by Crippen LogP contribution is -2.26. The van der Waals surface area contributed by atoms with E-state index in [1.165, 1.54) is 18.2 Å². The van der Waals surface area contributed by atoms with Crippen LogP contribution in [-0.4, -0.2) is 19.2 Å². The molecule has 27 heavy (non-hydrogen) atoms. The third kappa shape index (κ3) is 4.47. The first-order valence-corrected chi connectivity index (χ1v) is 8.76. The van der Waals surface area contributed by atoms with Crippen molar-refractivity contribution < 1.29 is 23.4 Å². The normalized spacial score (nSPS) is 16.8. The molecule has 144 valence electrons. The molecule has 7 heteroatoms. The largest absolute Gasteiger partial charge is 0.463 e. The van der Waals surface area contributed by atoms with E-state index >= 15 is 0 Å². The molecule has 0 saturated carbocycles. The number of allylic oxidation sites excluding steroid dienone is 2. The van der Waals surface area contributed by atoms with Crippen LogP contribution in [0.2, 0.25) is 0 Å². The summed E-state index contributed by atoms with van der Waals surface area (Å²) in [6.45, 7) is 6.05. The van der Waals surface area contributed by atoms with Gasteiger partial charge in [-0.25, -0.2) is 9.18 Å². The minimum atomic E-state index is -0.816. The molecule has 0 aromatic heterocycles. The monoisotopic (exact) mass is 374 g/mol. The van der Waals surface area contributed by atoms with E-state index in [9.17, 15) is 14.4 Å². The number of carbonyl (C=O) groups is 1. The van der Waals surface area contributed by atoms with Crippen molar-refractivity contribution in [1.82, 2.24) is 0 Å². The van der Waals surface area contributed by atoms with Crippen molar-refractivity contribution in [3.8, 4) is 6.07 Å². The molecule has 1 atom stereocenters. The second-order valence-electron chi connectivity index (χ2n) is 6.01. The van der Waals surface area contributed by atoms with Crippen LogP contribution < -0.4 is 5.73 Å². The number of nitrogens with zero attached hydrogens (tertiary/aromatic N) is 1. The average Bonchev–Trinajstić information content (AvgIpc) is 2.62. The summed E-state index contributed by atoms with van der Waals surface area (Å²) in [4.78, 5) is 12.6. The van der Waals surface area contributed by atoms with Gasteiger partial charge < -0.3 is 19.9 Å². The van der Waals surface area contributed by atoms with Gasteiger partial charge in [0.25, 0.3) is 0 Å². The number of benzene rings is 1. The van der Waals surface area contributed by atoms with Gasteiger partial charge in [0.1, 0.15) is 23.2 Å². The smallest absolute Gasteiger partial charge is 0.338 e. The first kappa shape index (κ1) is 20.5. The summed E-state index contributed by atoms with van der Waals surface area (Å²) in [6, 6.07) is 6.16. The Labute approximate surface area is 158 Å². The standard InChI is InChI=1S/C20H23FN2O4/c1-4-8-25-11-13-9-14(21)6-7-15(13)18-16(10-22)19(23)27-12(3)17(18)20(24)26-5-2/h6-7,9,18H,4-5,8,11,23H2,1-3H3. The van der Waals surface area contributed by atoms with E-state index in [4.69, 9.17) is 19.9 Å². The van der Waals surface area contributed by atoms with Gasteiger partial charge in [0.2, 0.25) is 5.88 Å². The van der Waals surface area contributed by atoms with E-state index in [0.29, 0.717) is 17.7 Å². The van der Waals surface area contributed by atoms with Crippen molar-refractivity contribution in [2.75, 3.05) is 13.2 Å². The molecule has 1 aliphatic heterocycles. The van der Waals surface area contributed by atoms with Gasteiger partial charge in [-0.2, -0.15) is 5.26 Å². The molecule has 1 heterocycles. The highest BCUT2D eigenvalue weighted by atomic mass is 19.1. The second kappa shape index (κ2) is 9.19. The van der Waals surface area contributed by atoms with Gasteiger partial charge in [0, 0.05) is 6.61 Å². The van der Waals surface area contributed by atoms with Crippen LogP contribution in [0.1, 0.15) is 44.2 Å². The summed E-state index contributed by atoms with van der Waals surface area (Å²) in [6.07, 6.45) is 0.811. The molecule has 6 nitrogen and oxygen atoms in total. The molecule has 0 bridgehead atoms. The number of halogens is 1. The van der Waals surface area contributed by atoms with Gasteiger partial charge >= 0.3 is 5.97 Å². The Bertz CT molecular complexity index is 824. The lowest BCUT2D eigenvalue weighted by molar-refractivity contribution is -0.139. The minimum absolute atomic E-state index is 0.0759. The number of nitriles is 1. The molecule has 0 fully saturated rings. The number of carbonyl (C=O) groups excluding carboxylic acids is 1. The van der Waals surface area contributed by atoms with Crippen LogP contribution in [0, 0.1) is 17.1 Å². The zero-order valence-electron chi connectivity index (χ0n) is 15.7. The highest BCUT2D eigenvalue weighted by molar-refractivity contribution is 5.92. The summed E-state index contributed by atoms with van der Waals surface area (Å²) in [5, 5.41) is 9.62. The predicted molar refractivity (Wildman–Crippen MR) is 96.3 cm³/mol. The molecular formula is C20H23FN2O4. The zero-order valence-corrected chi connectivity index (χ0v) is 15.7. The maximum absolute atomic E-state index is 13.8. The van der Waals surface area contributed by atoms with Crippen molar-refractivity contribution in [1.29, 1.82) is 5.26 Å². The first-order valence-electron chi connectivity index (χ1n) is 8.76. The number of hydrogen-bond acceptors (Lipinski definition) is 6.